The molecule has 0 saturated heterocycles. The Kier molecular flexibility index (Phi) is 5.09. The molecule has 0 aliphatic rings. The van der Waals surface area contributed by atoms with E-state index < -0.39 is 5.97 Å². The third-order valence-electron chi connectivity index (χ3n) is 1.56. The van der Waals surface area contributed by atoms with Gasteiger partial charge < -0.3 is 5.11 Å². The fourth-order valence-corrected chi connectivity index (χ4v) is 2.13. The highest BCUT2D eigenvalue weighted by atomic mass is 32.2. The molecule has 1 N–H and O–H groups in total. The van der Waals surface area contributed by atoms with Gasteiger partial charge in [0.1, 0.15) is 4.88 Å². The predicted molar refractivity (Wildman–Crippen MR) is 65.9 cm³/mol. The normalized spacial score (nSPS) is 9.31. The monoisotopic (exact) mass is 254 g/mol. The number of hydrogen-bond donors (Lipinski definition) is 1. The van der Waals surface area contributed by atoms with Gasteiger partial charge in [0.25, 0.3) is 0 Å². The molecule has 1 heterocycles. The maximum atomic E-state index is 10.6. The lowest BCUT2D eigenvalue weighted by molar-refractivity contribution is -0.109. The van der Waals surface area contributed by atoms with Crippen LogP contribution < -0.4 is 0 Å². The van der Waals surface area contributed by atoms with E-state index in [0.717, 1.165) is 16.2 Å². The summed E-state index contributed by atoms with van der Waals surface area (Å²) in [5.41, 5.74) is 0. The second-order valence-electron chi connectivity index (χ2n) is 2.86. The lowest BCUT2D eigenvalue weighted by Crippen LogP contribution is -1.89. The molecular weight excluding hydrogens is 244 g/mol. The molecule has 0 aliphatic heterocycles. The number of thioether (sulfide) groups is 1. The topological polar surface area (TPSA) is 54.4 Å². The van der Waals surface area contributed by atoms with Crippen molar-refractivity contribution in [2.24, 2.45) is 0 Å². The Labute approximate surface area is 102 Å². The standard InChI is InChI=1S/C11H10O3S2/c1-8(12)15-7-3-2-4-9-5-6-10(16-9)11(13)14/h5-6H,3,7H2,1H3,(H,13,14). The first-order valence-electron chi connectivity index (χ1n) is 4.55. The van der Waals surface area contributed by atoms with Crippen molar-refractivity contribution in [1.82, 2.24) is 0 Å². The minimum Gasteiger partial charge on any atom is -0.477 e. The highest BCUT2D eigenvalue weighted by Gasteiger charge is 2.04. The van der Waals surface area contributed by atoms with Gasteiger partial charge in [0.2, 0.25) is 0 Å². The Bertz CT molecular complexity index is 451. The van der Waals surface area contributed by atoms with Gasteiger partial charge in [-0.2, -0.15) is 0 Å². The molecule has 1 rings (SSSR count). The van der Waals surface area contributed by atoms with Crippen LogP contribution in [0.2, 0.25) is 0 Å². The number of hydrogen-bond acceptors (Lipinski definition) is 4. The van der Waals surface area contributed by atoms with E-state index >= 15 is 0 Å². The summed E-state index contributed by atoms with van der Waals surface area (Å²) in [6.07, 6.45) is 0.630. The molecule has 0 spiro atoms. The molecule has 0 saturated carbocycles. The van der Waals surface area contributed by atoms with Gasteiger partial charge in [0.05, 0.1) is 4.88 Å². The quantitative estimate of drug-likeness (QED) is 0.665. The molecule has 0 aromatic carbocycles. The Balaban J connectivity index is 2.44. The SMILES string of the molecule is CC(=O)SCCC#Cc1ccc(C(=O)O)s1. The van der Waals surface area contributed by atoms with Crippen LogP contribution in [0.25, 0.3) is 0 Å². The average Bonchev–Trinajstić information content (AvgIpc) is 2.65. The van der Waals surface area contributed by atoms with Crippen LogP contribution in [-0.4, -0.2) is 21.9 Å². The van der Waals surface area contributed by atoms with Gasteiger partial charge in [0, 0.05) is 19.1 Å². The molecule has 0 fully saturated rings. The smallest absolute Gasteiger partial charge is 0.345 e. The van der Waals surface area contributed by atoms with Crippen LogP contribution in [0.3, 0.4) is 0 Å². The van der Waals surface area contributed by atoms with E-state index in [2.05, 4.69) is 11.8 Å². The van der Waals surface area contributed by atoms with Crippen molar-refractivity contribution in [3.8, 4) is 11.8 Å². The fourth-order valence-electron chi connectivity index (χ4n) is 0.915. The predicted octanol–water partition coefficient (Wildman–Crippen LogP) is 2.47. The second kappa shape index (κ2) is 6.36. The zero-order valence-corrected chi connectivity index (χ0v) is 10.3. The maximum Gasteiger partial charge on any atom is 0.345 e. The third-order valence-corrected chi connectivity index (χ3v) is 3.36. The van der Waals surface area contributed by atoms with Crippen LogP contribution in [0.4, 0.5) is 0 Å². The van der Waals surface area contributed by atoms with Crippen LogP contribution >= 0.6 is 23.1 Å². The van der Waals surface area contributed by atoms with Crippen molar-refractivity contribution >= 4 is 34.2 Å². The Morgan fingerprint density at radius 3 is 2.81 bits per heavy atom. The Hall–Kier alpha value is -1.25. The van der Waals surface area contributed by atoms with Crippen molar-refractivity contribution < 1.29 is 14.7 Å². The van der Waals surface area contributed by atoms with Gasteiger partial charge in [-0.15, -0.1) is 11.3 Å². The summed E-state index contributed by atoms with van der Waals surface area (Å²) in [4.78, 5) is 22.2. The van der Waals surface area contributed by atoms with Gasteiger partial charge in [-0.3, -0.25) is 4.79 Å². The van der Waals surface area contributed by atoms with Gasteiger partial charge in [-0.05, 0) is 12.1 Å². The summed E-state index contributed by atoms with van der Waals surface area (Å²) >= 11 is 2.40. The highest BCUT2D eigenvalue weighted by molar-refractivity contribution is 8.13. The fraction of sp³-hybridized carbons (Fsp3) is 0.273. The lowest BCUT2D eigenvalue weighted by Gasteiger charge is -1.88. The zero-order chi connectivity index (χ0) is 12.0. The number of carboxylic acids is 1. The summed E-state index contributed by atoms with van der Waals surface area (Å²) < 4.78 is 0. The highest BCUT2D eigenvalue weighted by Crippen LogP contribution is 2.15. The molecule has 0 unspecified atom stereocenters. The van der Waals surface area contributed by atoms with Crippen molar-refractivity contribution in [2.45, 2.75) is 13.3 Å². The number of carbonyl (C=O) groups excluding carboxylic acids is 1. The summed E-state index contributed by atoms with van der Waals surface area (Å²) in [5.74, 6) is 5.53. The largest absolute Gasteiger partial charge is 0.477 e. The molecule has 84 valence electrons. The summed E-state index contributed by atoms with van der Waals surface area (Å²) in [6.45, 7) is 1.52. The molecule has 0 atom stereocenters. The summed E-state index contributed by atoms with van der Waals surface area (Å²) in [7, 11) is 0. The second-order valence-corrected chi connectivity index (χ2v) is 5.22. The molecule has 5 heteroatoms. The van der Waals surface area contributed by atoms with Crippen LogP contribution in [0.1, 0.15) is 27.9 Å². The van der Waals surface area contributed by atoms with E-state index in [1.807, 2.05) is 0 Å². The maximum absolute atomic E-state index is 10.6. The van der Waals surface area contributed by atoms with E-state index in [0.29, 0.717) is 17.1 Å². The molecule has 0 bridgehead atoms. The first kappa shape index (κ1) is 12.8. The number of carbonyl (C=O) groups is 2. The van der Waals surface area contributed by atoms with E-state index in [9.17, 15) is 9.59 Å². The van der Waals surface area contributed by atoms with E-state index in [1.165, 1.54) is 18.7 Å². The Morgan fingerprint density at radius 2 is 2.25 bits per heavy atom. The Morgan fingerprint density at radius 1 is 1.50 bits per heavy atom. The molecular formula is C11H10O3S2. The molecule has 1 aromatic heterocycles. The van der Waals surface area contributed by atoms with Crippen LogP contribution in [0, 0.1) is 11.8 Å². The summed E-state index contributed by atoms with van der Waals surface area (Å²) in [6, 6.07) is 3.24. The van der Waals surface area contributed by atoms with Crippen molar-refractivity contribution in [2.75, 3.05) is 5.75 Å². The van der Waals surface area contributed by atoms with Gasteiger partial charge in [-0.1, -0.05) is 23.6 Å². The first-order chi connectivity index (χ1) is 7.59. The van der Waals surface area contributed by atoms with Gasteiger partial charge in [0.15, 0.2) is 5.12 Å². The molecule has 1 aromatic rings. The molecule has 0 amide bonds. The van der Waals surface area contributed by atoms with Crippen LogP contribution in [0.15, 0.2) is 12.1 Å². The van der Waals surface area contributed by atoms with Crippen LogP contribution in [-0.2, 0) is 4.79 Å². The van der Waals surface area contributed by atoms with E-state index in [1.54, 1.807) is 12.1 Å². The average molecular weight is 254 g/mol. The summed E-state index contributed by atoms with van der Waals surface area (Å²) in [5, 5.41) is 8.78. The first-order valence-corrected chi connectivity index (χ1v) is 6.35. The number of carboxylic acid groups (broad SMARTS) is 1. The van der Waals surface area contributed by atoms with E-state index in [4.69, 9.17) is 5.11 Å². The molecule has 0 radical (unpaired) electrons. The van der Waals surface area contributed by atoms with Gasteiger partial charge >= 0.3 is 5.97 Å². The number of thiophene rings is 1. The minimum atomic E-state index is -0.926. The third kappa shape index (κ3) is 4.51. The zero-order valence-electron chi connectivity index (χ0n) is 8.65. The van der Waals surface area contributed by atoms with Crippen molar-refractivity contribution in [3.05, 3.63) is 21.9 Å². The lowest BCUT2D eigenvalue weighted by atomic mass is 10.4. The van der Waals surface area contributed by atoms with Crippen LogP contribution in [0.5, 0.6) is 0 Å². The van der Waals surface area contributed by atoms with E-state index in [-0.39, 0.29) is 5.12 Å². The minimum absolute atomic E-state index is 0.0890. The number of aromatic carboxylic acids is 1. The molecule has 0 aliphatic carbocycles. The number of rotatable bonds is 3. The van der Waals surface area contributed by atoms with Gasteiger partial charge in [-0.25, -0.2) is 4.79 Å². The molecule has 16 heavy (non-hydrogen) atoms. The molecule has 3 nitrogen and oxygen atoms in total. The van der Waals surface area contributed by atoms with Crippen molar-refractivity contribution in [1.29, 1.82) is 0 Å². The van der Waals surface area contributed by atoms with Crippen molar-refractivity contribution in [3.63, 3.8) is 0 Å².